The molecule has 13 heteroatoms. The van der Waals surface area contributed by atoms with Crippen LogP contribution in [-0.2, 0) is 6.18 Å². The molecule has 34 heavy (non-hydrogen) atoms. The lowest BCUT2D eigenvalue weighted by atomic mass is 9.97. The molecule has 180 valence electrons. The second-order valence-electron chi connectivity index (χ2n) is 7.53. The minimum atomic E-state index is -4.70. The highest BCUT2D eigenvalue weighted by atomic mass is 79.9. The van der Waals surface area contributed by atoms with E-state index in [2.05, 4.69) is 31.7 Å². The Labute approximate surface area is 202 Å². The fourth-order valence-electron chi connectivity index (χ4n) is 3.61. The molecule has 0 unspecified atom stereocenters. The normalized spacial score (nSPS) is 18.2. The molecule has 1 aliphatic rings. The van der Waals surface area contributed by atoms with Gasteiger partial charge in [-0.2, -0.15) is 31.4 Å². The number of nitrogens with zero attached hydrogens (tertiary/aromatic N) is 2. The monoisotopic (exact) mass is 566 g/mol. The van der Waals surface area contributed by atoms with Crippen LogP contribution in [0.1, 0.15) is 40.1 Å². The van der Waals surface area contributed by atoms with Crippen molar-refractivity contribution in [3.63, 3.8) is 0 Å². The summed E-state index contributed by atoms with van der Waals surface area (Å²) in [6.45, 7) is 0. The standard InChI is InChI=1S/C21H14BrClF6N4O/c22-12-6-4-10(5-7-12)14-9-15(21(27,28)29)33-18(31-14)16(23)17(32-33)19(34)30-13-3-1-2-11(8-13)20(24,25)26/h1-8,14-15,31H,9H2,(H,30,34)/t14-,15+/m0/s1. The first-order valence-corrected chi connectivity index (χ1v) is 10.9. The van der Waals surface area contributed by atoms with Crippen LogP contribution >= 0.6 is 27.5 Å². The van der Waals surface area contributed by atoms with E-state index >= 15 is 0 Å². The minimum Gasteiger partial charge on any atom is -0.362 e. The van der Waals surface area contributed by atoms with E-state index in [0.29, 0.717) is 16.3 Å². The third-order valence-electron chi connectivity index (χ3n) is 5.23. The molecule has 0 bridgehead atoms. The van der Waals surface area contributed by atoms with Gasteiger partial charge >= 0.3 is 12.4 Å². The molecular weight excluding hydrogens is 554 g/mol. The van der Waals surface area contributed by atoms with Crippen LogP contribution in [0.15, 0.2) is 53.0 Å². The molecule has 2 atom stereocenters. The number of nitrogens with one attached hydrogen (secondary N) is 2. The zero-order chi connectivity index (χ0) is 24.8. The number of rotatable bonds is 3. The summed E-state index contributed by atoms with van der Waals surface area (Å²) in [5.41, 5.74) is -1.20. The zero-order valence-corrected chi connectivity index (χ0v) is 19.1. The summed E-state index contributed by atoms with van der Waals surface area (Å²) in [6.07, 6.45) is -9.75. The van der Waals surface area contributed by atoms with Gasteiger partial charge in [-0.3, -0.25) is 4.79 Å². The summed E-state index contributed by atoms with van der Waals surface area (Å²) < 4.78 is 81.8. The van der Waals surface area contributed by atoms with E-state index in [1.165, 1.54) is 6.07 Å². The van der Waals surface area contributed by atoms with Crippen LogP contribution in [-0.4, -0.2) is 21.9 Å². The smallest absolute Gasteiger partial charge is 0.362 e. The van der Waals surface area contributed by atoms with Crippen LogP contribution in [0.2, 0.25) is 5.02 Å². The molecule has 2 N–H and O–H groups in total. The molecule has 0 saturated heterocycles. The van der Waals surface area contributed by atoms with Crippen molar-refractivity contribution in [3.05, 3.63) is 74.8 Å². The zero-order valence-electron chi connectivity index (χ0n) is 16.8. The molecule has 0 saturated carbocycles. The van der Waals surface area contributed by atoms with Gasteiger partial charge in [0.1, 0.15) is 10.8 Å². The predicted octanol–water partition coefficient (Wildman–Crippen LogP) is 7.23. The number of fused-ring (bicyclic) bond motifs is 1. The molecule has 1 aliphatic heterocycles. The Morgan fingerprint density at radius 2 is 1.79 bits per heavy atom. The number of amides is 1. The van der Waals surface area contributed by atoms with Crippen molar-refractivity contribution < 1.29 is 31.1 Å². The van der Waals surface area contributed by atoms with Crippen molar-refractivity contribution in [2.75, 3.05) is 10.6 Å². The maximum Gasteiger partial charge on any atom is 0.416 e. The first-order chi connectivity index (χ1) is 15.8. The van der Waals surface area contributed by atoms with Crippen LogP contribution in [0.3, 0.4) is 0 Å². The number of alkyl halides is 6. The summed E-state index contributed by atoms with van der Waals surface area (Å²) in [6, 6.07) is 7.61. The lowest BCUT2D eigenvalue weighted by Gasteiger charge is -2.33. The van der Waals surface area contributed by atoms with Gasteiger partial charge in [-0.25, -0.2) is 4.68 Å². The average Bonchev–Trinajstić information content (AvgIpc) is 3.09. The van der Waals surface area contributed by atoms with Crippen molar-refractivity contribution in [2.24, 2.45) is 0 Å². The van der Waals surface area contributed by atoms with Gasteiger partial charge in [0, 0.05) is 16.6 Å². The second kappa shape index (κ2) is 8.81. The summed E-state index contributed by atoms with van der Waals surface area (Å²) >= 11 is 9.51. The van der Waals surface area contributed by atoms with Gasteiger partial charge in [-0.05, 0) is 35.9 Å². The third-order valence-corrected chi connectivity index (χ3v) is 6.12. The molecule has 0 fully saturated rings. The fourth-order valence-corrected chi connectivity index (χ4v) is 4.14. The highest BCUT2D eigenvalue weighted by molar-refractivity contribution is 9.10. The number of halogens is 8. The Morgan fingerprint density at radius 3 is 2.41 bits per heavy atom. The van der Waals surface area contributed by atoms with Crippen LogP contribution in [0, 0.1) is 0 Å². The lowest BCUT2D eigenvalue weighted by Crippen LogP contribution is -2.35. The van der Waals surface area contributed by atoms with Gasteiger partial charge in [0.05, 0.1) is 11.6 Å². The molecule has 0 radical (unpaired) electrons. The SMILES string of the molecule is O=C(Nc1cccc(C(F)(F)F)c1)c1nn2c(c1Cl)N[C@H](c1ccc(Br)cc1)C[C@@H]2C(F)(F)F. The van der Waals surface area contributed by atoms with Gasteiger partial charge in [-0.15, -0.1) is 0 Å². The number of carbonyl (C=O) groups excluding carboxylic acids is 1. The average molecular weight is 568 g/mol. The Balaban J connectivity index is 1.67. The van der Waals surface area contributed by atoms with Gasteiger partial charge in [0.25, 0.3) is 5.91 Å². The minimum absolute atomic E-state index is 0.211. The first-order valence-electron chi connectivity index (χ1n) is 9.70. The highest BCUT2D eigenvalue weighted by Crippen LogP contribution is 2.46. The van der Waals surface area contributed by atoms with E-state index in [-0.39, 0.29) is 16.5 Å². The number of carbonyl (C=O) groups is 1. The molecule has 2 aromatic carbocycles. The van der Waals surface area contributed by atoms with Crippen LogP contribution < -0.4 is 10.6 Å². The molecule has 2 heterocycles. The molecule has 5 nitrogen and oxygen atoms in total. The third kappa shape index (κ3) is 4.88. The van der Waals surface area contributed by atoms with Crippen LogP contribution in [0.5, 0.6) is 0 Å². The van der Waals surface area contributed by atoms with Gasteiger partial charge < -0.3 is 10.6 Å². The molecule has 4 rings (SSSR count). The Bertz CT molecular complexity index is 1230. The summed E-state index contributed by atoms with van der Waals surface area (Å²) in [7, 11) is 0. The van der Waals surface area contributed by atoms with Gasteiger partial charge in [0.2, 0.25) is 0 Å². The van der Waals surface area contributed by atoms with Crippen molar-refractivity contribution in [1.82, 2.24) is 9.78 Å². The topological polar surface area (TPSA) is 59.0 Å². The lowest BCUT2D eigenvalue weighted by molar-refractivity contribution is -0.173. The first kappa shape index (κ1) is 24.4. The van der Waals surface area contributed by atoms with Gasteiger partial charge in [0.15, 0.2) is 11.7 Å². The van der Waals surface area contributed by atoms with Gasteiger partial charge in [-0.1, -0.05) is 45.7 Å². The van der Waals surface area contributed by atoms with E-state index in [9.17, 15) is 31.1 Å². The number of hydrogen-bond acceptors (Lipinski definition) is 3. The second-order valence-corrected chi connectivity index (χ2v) is 8.82. The Kier molecular flexibility index (Phi) is 6.32. The van der Waals surface area contributed by atoms with E-state index in [1.54, 1.807) is 24.3 Å². The van der Waals surface area contributed by atoms with Crippen LogP contribution in [0.4, 0.5) is 37.8 Å². The predicted molar refractivity (Wildman–Crippen MR) is 117 cm³/mol. The Hall–Kier alpha value is -2.73. The van der Waals surface area contributed by atoms with E-state index in [0.717, 1.165) is 16.6 Å². The number of aromatic nitrogens is 2. The maximum absolute atomic E-state index is 13.9. The van der Waals surface area contributed by atoms with Crippen LogP contribution in [0.25, 0.3) is 0 Å². The van der Waals surface area contributed by atoms with E-state index in [1.807, 2.05) is 0 Å². The van der Waals surface area contributed by atoms with E-state index in [4.69, 9.17) is 11.6 Å². The highest BCUT2D eigenvalue weighted by Gasteiger charge is 2.48. The van der Waals surface area contributed by atoms with Crippen molar-refractivity contribution in [3.8, 4) is 0 Å². The number of hydrogen-bond donors (Lipinski definition) is 2. The Morgan fingerprint density at radius 1 is 1.12 bits per heavy atom. The molecular formula is C21H14BrClF6N4O. The molecule has 3 aromatic rings. The molecule has 1 amide bonds. The quantitative estimate of drug-likeness (QED) is 0.328. The number of benzene rings is 2. The molecule has 0 aliphatic carbocycles. The molecule has 0 spiro atoms. The molecule has 1 aromatic heterocycles. The van der Waals surface area contributed by atoms with Crippen molar-refractivity contribution in [1.29, 1.82) is 0 Å². The fraction of sp³-hybridized carbons (Fsp3) is 0.238. The maximum atomic E-state index is 13.9. The number of anilines is 2. The largest absolute Gasteiger partial charge is 0.416 e. The van der Waals surface area contributed by atoms with E-state index < -0.39 is 48.0 Å². The van der Waals surface area contributed by atoms with Crippen molar-refractivity contribution >= 4 is 44.9 Å². The summed E-state index contributed by atoms with van der Waals surface area (Å²) in [5.74, 6) is -1.26. The summed E-state index contributed by atoms with van der Waals surface area (Å²) in [4.78, 5) is 12.7. The summed E-state index contributed by atoms with van der Waals surface area (Å²) in [5, 5.41) is 8.50. The van der Waals surface area contributed by atoms with Crippen molar-refractivity contribution in [2.45, 2.75) is 30.9 Å².